The van der Waals surface area contributed by atoms with Crippen LogP contribution < -0.4 is 4.90 Å². The van der Waals surface area contributed by atoms with Crippen molar-refractivity contribution >= 4 is 29.2 Å². The molecular weight excluding hydrogens is 280 g/mol. The second-order valence-corrected chi connectivity index (χ2v) is 4.45. The molecule has 0 unspecified atom stereocenters. The second-order valence-electron chi connectivity index (χ2n) is 4.04. The molecule has 5 nitrogen and oxygen atoms in total. The van der Waals surface area contributed by atoms with Crippen molar-refractivity contribution in [3.8, 4) is 0 Å². The number of nitrogens with zero attached hydrogens (tertiary/aromatic N) is 2. The molecule has 0 fully saturated rings. The fraction of sp³-hybridized carbons (Fsp3) is 0.0714. The Labute approximate surface area is 120 Å². The van der Waals surface area contributed by atoms with E-state index in [1.54, 1.807) is 18.2 Å². The predicted molar refractivity (Wildman–Crippen MR) is 75.4 cm³/mol. The van der Waals surface area contributed by atoms with E-state index in [2.05, 4.69) is 4.98 Å². The van der Waals surface area contributed by atoms with E-state index >= 15 is 0 Å². The van der Waals surface area contributed by atoms with Crippen LogP contribution in [0.1, 0.15) is 20.7 Å². The quantitative estimate of drug-likeness (QED) is 0.943. The third-order valence-electron chi connectivity index (χ3n) is 2.80. The topological polar surface area (TPSA) is 70.5 Å². The Morgan fingerprint density at radius 1 is 1.20 bits per heavy atom. The summed E-state index contributed by atoms with van der Waals surface area (Å²) in [5, 5.41) is 9.37. The third-order valence-corrected chi connectivity index (χ3v) is 3.10. The maximum absolute atomic E-state index is 12.4. The molecule has 2 rings (SSSR count). The van der Waals surface area contributed by atoms with E-state index in [-0.39, 0.29) is 16.1 Å². The minimum Gasteiger partial charge on any atom is -0.478 e. The molecule has 1 amide bonds. The number of carboxylic acids is 1. The molecule has 0 saturated heterocycles. The van der Waals surface area contributed by atoms with Crippen molar-refractivity contribution in [1.82, 2.24) is 4.98 Å². The first-order valence-electron chi connectivity index (χ1n) is 5.72. The molecule has 2 aromatic rings. The van der Waals surface area contributed by atoms with Crippen LogP contribution in [0, 0.1) is 0 Å². The molecule has 0 spiro atoms. The number of hydrogen-bond donors (Lipinski definition) is 1. The Balaban J connectivity index is 2.42. The van der Waals surface area contributed by atoms with Gasteiger partial charge in [0.1, 0.15) is 0 Å². The molecule has 1 aromatic heterocycles. The minimum atomic E-state index is -1.10. The van der Waals surface area contributed by atoms with E-state index in [4.69, 9.17) is 16.7 Å². The lowest BCUT2D eigenvalue weighted by Crippen LogP contribution is -2.28. The molecule has 0 aliphatic rings. The van der Waals surface area contributed by atoms with Gasteiger partial charge in [-0.15, -0.1) is 0 Å². The number of carboxylic acid groups (broad SMARTS) is 1. The van der Waals surface area contributed by atoms with E-state index in [1.807, 2.05) is 0 Å². The Morgan fingerprint density at radius 2 is 1.90 bits per heavy atom. The number of benzene rings is 1. The summed E-state index contributed by atoms with van der Waals surface area (Å²) in [4.78, 5) is 28.6. The average molecular weight is 291 g/mol. The summed E-state index contributed by atoms with van der Waals surface area (Å²) in [5.41, 5.74) is 0.621. The second kappa shape index (κ2) is 5.71. The molecule has 1 heterocycles. The maximum Gasteiger partial charge on any atom is 0.337 e. The van der Waals surface area contributed by atoms with Crippen LogP contribution in [0.4, 0.5) is 5.69 Å². The molecule has 0 aliphatic heterocycles. The van der Waals surface area contributed by atoms with Gasteiger partial charge in [-0.05, 0) is 18.2 Å². The molecule has 20 heavy (non-hydrogen) atoms. The van der Waals surface area contributed by atoms with Crippen LogP contribution in [0.5, 0.6) is 0 Å². The molecule has 0 radical (unpaired) electrons. The zero-order valence-corrected chi connectivity index (χ0v) is 11.3. The largest absolute Gasteiger partial charge is 0.478 e. The van der Waals surface area contributed by atoms with Gasteiger partial charge < -0.3 is 10.0 Å². The van der Waals surface area contributed by atoms with Crippen molar-refractivity contribution in [2.75, 3.05) is 11.9 Å². The number of hydrogen-bond acceptors (Lipinski definition) is 3. The van der Waals surface area contributed by atoms with Crippen LogP contribution >= 0.6 is 11.6 Å². The van der Waals surface area contributed by atoms with Gasteiger partial charge in [-0.25, -0.2) is 4.79 Å². The highest BCUT2D eigenvalue weighted by molar-refractivity contribution is 6.34. The van der Waals surface area contributed by atoms with Crippen molar-refractivity contribution in [3.63, 3.8) is 0 Å². The first kappa shape index (κ1) is 14.0. The summed E-state index contributed by atoms with van der Waals surface area (Å²) in [6, 6.07) is 7.76. The van der Waals surface area contributed by atoms with Crippen LogP contribution in [-0.4, -0.2) is 29.0 Å². The number of carbonyl (C=O) groups excluding carboxylic acids is 1. The van der Waals surface area contributed by atoms with Crippen LogP contribution in [-0.2, 0) is 0 Å². The van der Waals surface area contributed by atoms with Gasteiger partial charge in [-0.2, -0.15) is 0 Å². The van der Waals surface area contributed by atoms with E-state index in [9.17, 15) is 9.59 Å². The fourth-order valence-corrected chi connectivity index (χ4v) is 1.99. The van der Waals surface area contributed by atoms with Gasteiger partial charge in [0.25, 0.3) is 5.91 Å². The third kappa shape index (κ3) is 2.62. The number of aromatic nitrogens is 1. The molecular formula is C14H11ClN2O3. The van der Waals surface area contributed by atoms with Crippen molar-refractivity contribution in [1.29, 1.82) is 0 Å². The summed E-state index contributed by atoms with van der Waals surface area (Å²) in [6.45, 7) is 0. The first-order valence-corrected chi connectivity index (χ1v) is 6.10. The summed E-state index contributed by atoms with van der Waals surface area (Å²) >= 11 is 5.93. The zero-order chi connectivity index (χ0) is 14.7. The molecule has 0 atom stereocenters. The van der Waals surface area contributed by atoms with E-state index < -0.39 is 11.9 Å². The predicted octanol–water partition coefficient (Wildman–Crippen LogP) is 2.71. The number of aromatic carboxylic acids is 1. The molecule has 6 heteroatoms. The molecule has 0 saturated carbocycles. The number of pyridine rings is 1. The fourth-order valence-electron chi connectivity index (χ4n) is 1.79. The highest BCUT2D eigenvalue weighted by atomic mass is 35.5. The van der Waals surface area contributed by atoms with Gasteiger partial charge >= 0.3 is 5.97 Å². The first-order chi connectivity index (χ1) is 9.52. The number of halogens is 1. The SMILES string of the molecule is CN(C(=O)c1ccncc1Cl)c1ccccc1C(=O)O. The van der Waals surface area contributed by atoms with Crippen molar-refractivity contribution in [2.45, 2.75) is 0 Å². The maximum atomic E-state index is 12.4. The van der Waals surface area contributed by atoms with Crippen LogP contribution in [0.15, 0.2) is 42.7 Å². The van der Waals surface area contributed by atoms with Crippen LogP contribution in [0.2, 0.25) is 5.02 Å². The summed E-state index contributed by atoms with van der Waals surface area (Å²) in [7, 11) is 1.50. The van der Waals surface area contributed by atoms with Gasteiger partial charge in [-0.3, -0.25) is 9.78 Å². The minimum absolute atomic E-state index is 0.0496. The van der Waals surface area contributed by atoms with Crippen LogP contribution in [0.3, 0.4) is 0 Å². The Morgan fingerprint density at radius 3 is 2.55 bits per heavy atom. The highest BCUT2D eigenvalue weighted by Gasteiger charge is 2.20. The number of amides is 1. The smallest absolute Gasteiger partial charge is 0.337 e. The zero-order valence-electron chi connectivity index (χ0n) is 10.6. The van der Waals surface area contributed by atoms with Gasteiger partial charge in [0.15, 0.2) is 0 Å². The van der Waals surface area contributed by atoms with E-state index in [0.717, 1.165) is 0 Å². The Bertz CT molecular complexity index is 673. The van der Waals surface area contributed by atoms with Gasteiger partial charge in [0.05, 0.1) is 21.8 Å². The lowest BCUT2D eigenvalue weighted by atomic mass is 10.1. The van der Waals surface area contributed by atoms with Crippen LogP contribution in [0.25, 0.3) is 0 Å². The molecule has 0 aliphatic carbocycles. The van der Waals surface area contributed by atoms with Crippen molar-refractivity contribution in [3.05, 3.63) is 58.9 Å². The monoisotopic (exact) mass is 290 g/mol. The van der Waals surface area contributed by atoms with E-state index in [0.29, 0.717) is 5.69 Å². The van der Waals surface area contributed by atoms with Gasteiger partial charge in [0, 0.05) is 19.4 Å². The lowest BCUT2D eigenvalue weighted by molar-refractivity contribution is 0.0697. The Kier molecular flexibility index (Phi) is 4.00. The van der Waals surface area contributed by atoms with Crippen molar-refractivity contribution < 1.29 is 14.7 Å². The summed E-state index contributed by atoms with van der Waals surface area (Å²) < 4.78 is 0. The summed E-state index contributed by atoms with van der Waals surface area (Å²) in [6.07, 6.45) is 2.82. The highest BCUT2D eigenvalue weighted by Crippen LogP contribution is 2.23. The Hall–Kier alpha value is -2.40. The standard InChI is InChI=1S/C14H11ClN2O3/c1-17(12-5-3-2-4-10(12)14(19)20)13(18)9-6-7-16-8-11(9)15/h2-8H,1H3,(H,19,20). The van der Waals surface area contributed by atoms with E-state index in [1.165, 1.54) is 36.5 Å². The van der Waals surface area contributed by atoms with Gasteiger partial charge in [0.2, 0.25) is 0 Å². The number of carbonyl (C=O) groups is 2. The number of rotatable bonds is 3. The lowest BCUT2D eigenvalue weighted by Gasteiger charge is -2.19. The molecule has 1 aromatic carbocycles. The molecule has 1 N–H and O–H groups in total. The van der Waals surface area contributed by atoms with Crippen molar-refractivity contribution in [2.24, 2.45) is 0 Å². The average Bonchev–Trinajstić information content (AvgIpc) is 2.46. The normalized spacial score (nSPS) is 10.1. The summed E-state index contributed by atoms with van der Waals surface area (Å²) in [5.74, 6) is -1.49. The van der Waals surface area contributed by atoms with Gasteiger partial charge in [-0.1, -0.05) is 23.7 Å². The number of para-hydroxylation sites is 1. The molecule has 102 valence electrons. The molecule has 0 bridgehead atoms. The number of anilines is 1.